The second-order valence-electron chi connectivity index (χ2n) is 8.25. The van der Waals surface area contributed by atoms with E-state index in [4.69, 9.17) is 23.2 Å². The quantitative estimate of drug-likeness (QED) is 0.287. The number of hydrogen-bond acceptors (Lipinski definition) is 4. The molecular weight excluding hydrogens is 497 g/mol. The van der Waals surface area contributed by atoms with E-state index < -0.39 is 6.04 Å². The van der Waals surface area contributed by atoms with Gasteiger partial charge in [-0.25, -0.2) is 4.68 Å². The Balaban J connectivity index is 1.54. The van der Waals surface area contributed by atoms with E-state index in [-0.39, 0.29) is 11.8 Å². The summed E-state index contributed by atoms with van der Waals surface area (Å²) in [5.41, 5.74) is 3.48. The third-order valence-corrected chi connectivity index (χ3v) is 6.34. The molecule has 9 heteroatoms. The van der Waals surface area contributed by atoms with Crippen molar-refractivity contribution >= 4 is 52.2 Å². The summed E-state index contributed by atoms with van der Waals surface area (Å²) in [5.74, 6) is -0.130. The summed E-state index contributed by atoms with van der Waals surface area (Å²) in [4.78, 5) is 26.6. The number of halogens is 2. The number of fused-ring (bicyclic) bond motifs is 1. The molecule has 0 bridgehead atoms. The number of carbonyl (C=O) groups excluding carboxylic acids is 2. The third-order valence-electron chi connectivity index (χ3n) is 5.83. The van der Waals surface area contributed by atoms with Crippen LogP contribution in [0, 0.1) is 0 Å². The summed E-state index contributed by atoms with van der Waals surface area (Å²) in [6.45, 7) is 1.80. The van der Waals surface area contributed by atoms with Crippen LogP contribution in [0.1, 0.15) is 28.9 Å². The Bertz CT molecular complexity index is 1460. The maximum absolute atomic E-state index is 13.5. The van der Waals surface area contributed by atoms with Crippen molar-refractivity contribution in [2.24, 2.45) is 0 Å². The summed E-state index contributed by atoms with van der Waals surface area (Å²) >= 11 is 12.1. The molecule has 0 unspecified atom stereocenters. The minimum absolute atomic E-state index is 0.307. The molecule has 0 aliphatic carbocycles. The monoisotopic (exact) mass is 517 g/mol. The first-order chi connectivity index (χ1) is 17.4. The lowest BCUT2D eigenvalue weighted by Gasteiger charge is -2.30. The third kappa shape index (κ3) is 4.71. The molecule has 3 N–H and O–H groups in total. The Morgan fingerprint density at radius 2 is 1.42 bits per heavy atom. The van der Waals surface area contributed by atoms with Crippen molar-refractivity contribution in [3.8, 4) is 0 Å². The van der Waals surface area contributed by atoms with Crippen molar-refractivity contribution in [1.82, 2.24) is 9.78 Å². The van der Waals surface area contributed by atoms with Gasteiger partial charge in [-0.3, -0.25) is 9.59 Å². The number of rotatable bonds is 5. The molecule has 1 aliphatic rings. The zero-order valence-electron chi connectivity index (χ0n) is 19.1. The van der Waals surface area contributed by atoms with Gasteiger partial charge in [-0.15, -0.1) is 0 Å². The molecular formula is C27H21Cl2N5O2. The van der Waals surface area contributed by atoms with Crippen molar-refractivity contribution in [3.05, 3.63) is 118 Å². The van der Waals surface area contributed by atoms with Crippen LogP contribution >= 0.6 is 23.2 Å². The lowest BCUT2D eigenvalue weighted by Crippen LogP contribution is -2.32. The first-order valence-corrected chi connectivity index (χ1v) is 11.9. The van der Waals surface area contributed by atoms with Gasteiger partial charge in [0.2, 0.25) is 0 Å². The Kier molecular flexibility index (Phi) is 6.50. The fourth-order valence-electron chi connectivity index (χ4n) is 4.12. The highest BCUT2D eigenvalue weighted by Crippen LogP contribution is 2.38. The Labute approximate surface area is 217 Å². The highest BCUT2D eigenvalue weighted by Gasteiger charge is 2.35. The van der Waals surface area contributed by atoms with Crippen molar-refractivity contribution in [1.29, 1.82) is 0 Å². The molecule has 0 radical (unpaired) electrons. The molecule has 0 spiro atoms. The SMILES string of the molecule is CC1=C(C(=O)Nc2ccc(Cl)cc2)[C@@H](c2ccc(Cl)cc2)n2ncc(C(=O)Nc3ccccc3)c2N1. The molecule has 1 aromatic heterocycles. The normalized spacial score (nSPS) is 14.6. The Hall–Kier alpha value is -4.07. The molecule has 1 atom stereocenters. The molecule has 0 saturated carbocycles. The van der Waals surface area contributed by atoms with E-state index in [1.807, 2.05) is 42.5 Å². The van der Waals surface area contributed by atoms with Gasteiger partial charge in [-0.2, -0.15) is 5.10 Å². The highest BCUT2D eigenvalue weighted by molar-refractivity contribution is 6.31. The van der Waals surface area contributed by atoms with Crippen LogP contribution in [0.15, 0.2) is 96.3 Å². The number of nitrogens with one attached hydrogen (secondary N) is 3. The van der Waals surface area contributed by atoms with E-state index >= 15 is 0 Å². The zero-order valence-corrected chi connectivity index (χ0v) is 20.6. The number of hydrogen-bond donors (Lipinski definition) is 3. The van der Waals surface area contributed by atoms with Crippen LogP contribution in [-0.4, -0.2) is 21.6 Å². The second kappa shape index (κ2) is 9.89. The van der Waals surface area contributed by atoms with E-state index in [9.17, 15) is 9.59 Å². The summed E-state index contributed by atoms with van der Waals surface area (Å²) in [7, 11) is 0. The number of para-hydroxylation sites is 1. The van der Waals surface area contributed by atoms with Crippen molar-refractivity contribution < 1.29 is 9.59 Å². The molecule has 3 aromatic carbocycles. The first kappa shape index (κ1) is 23.7. The maximum atomic E-state index is 13.5. The van der Waals surface area contributed by atoms with E-state index in [0.717, 1.165) is 5.56 Å². The average molecular weight is 518 g/mol. The topological polar surface area (TPSA) is 88.0 Å². The lowest BCUT2D eigenvalue weighted by molar-refractivity contribution is -0.113. The molecule has 4 aromatic rings. The number of nitrogens with zero attached hydrogens (tertiary/aromatic N) is 2. The summed E-state index contributed by atoms with van der Waals surface area (Å²) in [6.07, 6.45) is 1.50. The van der Waals surface area contributed by atoms with Gasteiger partial charge < -0.3 is 16.0 Å². The molecule has 2 heterocycles. The summed E-state index contributed by atoms with van der Waals surface area (Å²) in [6, 6.07) is 22.7. The molecule has 2 amide bonds. The fraction of sp³-hybridized carbons (Fsp3) is 0.0741. The number of benzene rings is 3. The highest BCUT2D eigenvalue weighted by atomic mass is 35.5. The number of amides is 2. The lowest BCUT2D eigenvalue weighted by atomic mass is 9.94. The standard InChI is InChI=1S/C27H21Cl2N5O2/c1-16-23(27(36)33-21-13-11-19(29)12-14-21)24(17-7-9-18(28)10-8-17)34-25(31-16)22(15-30-34)26(35)32-20-5-3-2-4-6-20/h2-15,24,31H,1H3,(H,32,35)(H,33,36)/t24-/m1/s1. The van der Waals surface area contributed by atoms with Gasteiger partial charge in [-0.05, 0) is 61.0 Å². The van der Waals surface area contributed by atoms with Crippen LogP contribution in [0.25, 0.3) is 0 Å². The van der Waals surface area contributed by atoms with Crippen molar-refractivity contribution in [3.63, 3.8) is 0 Å². The van der Waals surface area contributed by atoms with Crippen LogP contribution in [0.3, 0.4) is 0 Å². The number of carbonyl (C=O) groups is 2. The Morgan fingerprint density at radius 3 is 2.08 bits per heavy atom. The van der Waals surface area contributed by atoms with Gasteiger partial charge in [0.15, 0.2) is 0 Å². The fourth-order valence-corrected chi connectivity index (χ4v) is 4.37. The smallest absolute Gasteiger partial charge is 0.261 e. The molecule has 7 nitrogen and oxygen atoms in total. The van der Waals surface area contributed by atoms with Gasteiger partial charge in [0, 0.05) is 27.1 Å². The minimum Gasteiger partial charge on any atom is -0.343 e. The van der Waals surface area contributed by atoms with Gasteiger partial charge >= 0.3 is 0 Å². The van der Waals surface area contributed by atoms with Crippen LogP contribution in [0.2, 0.25) is 10.0 Å². The van der Waals surface area contributed by atoms with Gasteiger partial charge in [-0.1, -0.05) is 53.5 Å². The van der Waals surface area contributed by atoms with Gasteiger partial charge in [0.05, 0.1) is 11.8 Å². The molecule has 180 valence electrons. The van der Waals surface area contributed by atoms with Crippen molar-refractivity contribution in [2.45, 2.75) is 13.0 Å². The van der Waals surface area contributed by atoms with E-state index in [1.165, 1.54) is 6.20 Å². The molecule has 0 saturated heterocycles. The Morgan fingerprint density at radius 1 is 0.833 bits per heavy atom. The van der Waals surface area contributed by atoms with Crippen LogP contribution in [0.4, 0.5) is 17.2 Å². The van der Waals surface area contributed by atoms with Gasteiger partial charge in [0.1, 0.15) is 17.4 Å². The molecule has 1 aliphatic heterocycles. The van der Waals surface area contributed by atoms with E-state index in [1.54, 1.807) is 48.0 Å². The summed E-state index contributed by atoms with van der Waals surface area (Å²) in [5, 5.41) is 14.7. The van der Waals surface area contributed by atoms with E-state index in [2.05, 4.69) is 21.0 Å². The van der Waals surface area contributed by atoms with E-state index in [0.29, 0.717) is 44.1 Å². The predicted molar refractivity (Wildman–Crippen MR) is 143 cm³/mol. The number of allylic oxidation sites excluding steroid dienone is 1. The predicted octanol–water partition coefficient (Wildman–Crippen LogP) is 6.37. The maximum Gasteiger partial charge on any atom is 0.261 e. The van der Waals surface area contributed by atoms with Crippen LogP contribution in [-0.2, 0) is 4.79 Å². The first-order valence-electron chi connectivity index (χ1n) is 11.1. The second-order valence-corrected chi connectivity index (χ2v) is 9.12. The van der Waals surface area contributed by atoms with Crippen LogP contribution < -0.4 is 16.0 Å². The van der Waals surface area contributed by atoms with Crippen molar-refractivity contribution in [2.75, 3.05) is 16.0 Å². The zero-order chi connectivity index (χ0) is 25.2. The van der Waals surface area contributed by atoms with Crippen LogP contribution in [0.5, 0.6) is 0 Å². The largest absolute Gasteiger partial charge is 0.343 e. The molecule has 36 heavy (non-hydrogen) atoms. The summed E-state index contributed by atoms with van der Waals surface area (Å²) < 4.78 is 1.65. The number of anilines is 3. The van der Waals surface area contributed by atoms with Gasteiger partial charge in [0.25, 0.3) is 11.8 Å². The number of aromatic nitrogens is 2. The molecule has 0 fully saturated rings. The molecule has 5 rings (SSSR count). The minimum atomic E-state index is -0.593. The average Bonchev–Trinajstić information content (AvgIpc) is 3.29.